The van der Waals surface area contributed by atoms with Crippen LogP contribution in [0.2, 0.25) is 0 Å². The van der Waals surface area contributed by atoms with Gasteiger partial charge in [0.1, 0.15) is 0 Å². The van der Waals surface area contributed by atoms with Gasteiger partial charge in [0.05, 0.1) is 5.56 Å². The highest BCUT2D eigenvalue weighted by Crippen LogP contribution is 2.15. The lowest BCUT2D eigenvalue weighted by Crippen LogP contribution is -2.45. The molecule has 3 N–H and O–H groups in total. The number of rotatable bonds is 4. The van der Waals surface area contributed by atoms with Gasteiger partial charge in [0.15, 0.2) is 0 Å². The molecule has 2 unspecified atom stereocenters. The summed E-state index contributed by atoms with van der Waals surface area (Å²) in [5.41, 5.74) is 6.92. The monoisotopic (exact) mass is 275 g/mol. The highest BCUT2D eigenvalue weighted by atomic mass is 16.1. The number of para-hydroxylation sites is 1. The second-order valence-corrected chi connectivity index (χ2v) is 5.97. The SMILES string of the molecule is CC1CCCN(CC(C)NC(=O)c2ccccc2N)C1. The van der Waals surface area contributed by atoms with Crippen LogP contribution in [0.3, 0.4) is 0 Å². The predicted molar refractivity (Wildman–Crippen MR) is 82.6 cm³/mol. The van der Waals surface area contributed by atoms with Gasteiger partial charge in [-0.25, -0.2) is 0 Å². The Hall–Kier alpha value is -1.55. The number of carbonyl (C=O) groups excluding carboxylic acids is 1. The Balaban J connectivity index is 1.86. The number of hydrogen-bond donors (Lipinski definition) is 2. The first-order valence-corrected chi connectivity index (χ1v) is 7.44. The zero-order chi connectivity index (χ0) is 14.5. The number of piperidine rings is 1. The first-order valence-electron chi connectivity index (χ1n) is 7.44. The van der Waals surface area contributed by atoms with E-state index in [0.29, 0.717) is 11.3 Å². The molecule has 0 aliphatic carbocycles. The lowest BCUT2D eigenvalue weighted by atomic mass is 10.00. The van der Waals surface area contributed by atoms with Crippen LogP contribution in [0.5, 0.6) is 0 Å². The molecule has 1 saturated heterocycles. The van der Waals surface area contributed by atoms with Crippen molar-refractivity contribution in [2.45, 2.75) is 32.7 Å². The number of anilines is 1. The van der Waals surface area contributed by atoms with Crippen LogP contribution in [0, 0.1) is 5.92 Å². The van der Waals surface area contributed by atoms with E-state index in [1.165, 1.54) is 12.8 Å². The first kappa shape index (κ1) is 14.9. The molecule has 4 heteroatoms. The number of amides is 1. The third-order valence-corrected chi connectivity index (χ3v) is 3.86. The van der Waals surface area contributed by atoms with E-state index in [-0.39, 0.29) is 11.9 Å². The summed E-state index contributed by atoms with van der Waals surface area (Å²) < 4.78 is 0. The number of carbonyl (C=O) groups is 1. The molecule has 1 aliphatic rings. The minimum absolute atomic E-state index is 0.0827. The number of hydrogen-bond acceptors (Lipinski definition) is 3. The second kappa shape index (κ2) is 6.75. The van der Waals surface area contributed by atoms with Gasteiger partial charge in [-0.05, 0) is 44.4 Å². The zero-order valence-electron chi connectivity index (χ0n) is 12.4. The van der Waals surface area contributed by atoms with Crippen molar-refractivity contribution in [3.8, 4) is 0 Å². The Bertz CT molecular complexity index is 461. The molecule has 110 valence electrons. The van der Waals surface area contributed by atoms with Gasteiger partial charge < -0.3 is 16.0 Å². The Morgan fingerprint density at radius 1 is 1.50 bits per heavy atom. The minimum atomic E-state index is -0.0827. The molecule has 2 rings (SSSR count). The third-order valence-electron chi connectivity index (χ3n) is 3.86. The summed E-state index contributed by atoms with van der Waals surface area (Å²) in [5, 5.41) is 3.04. The summed E-state index contributed by atoms with van der Waals surface area (Å²) in [5.74, 6) is 0.678. The van der Waals surface area contributed by atoms with E-state index in [1.807, 2.05) is 12.1 Å². The number of nitrogen functional groups attached to an aromatic ring is 1. The zero-order valence-corrected chi connectivity index (χ0v) is 12.4. The largest absolute Gasteiger partial charge is 0.398 e. The van der Waals surface area contributed by atoms with Crippen molar-refractivity contribution in [1.29, 1.82) is 0 Å². The van der Waals surface area contributed by atoms with Crippen molar-refractivity contribution in [3.63, 3.8) is 0 Å². The normalized spacial score (nSPS) is 21.4. The minimum Gasteiger partial charge on any atom is -0.398 e. The number of nitrogens with two attached hydrogens (primary N) is 1. The lowest BCUT2D eigenvalue weighted by molar-refractivity contribution is 0.0921. The van der Waals surface area contributed by atoms with Gasteiger partial charge in [-0.3, -0.25) is 4.79 Å². The van der Waals surface area contributed by atoms with Gasteiger partial charge in [-0.15, -0.1) is 0 Å². The topological polar surface area (TPSA) is 58.4 Å². The summed E-state index contributed by atoms with van der Waals surface area (Å²) in [6.45, 7) is 7.52. The lowest BCUT2D eigenvalue weighted by Gasteiger charge is -2.32. The summed E-state index contributed by atoms with van der Waals surface area (Å²) in [4.78, 5) is 14.6. The molecule has 1 aliphatic heterocycles. The van der Waals surface area contributed by atoms with Crippen molar-refractivity contribution in [1.82, 2.24) is 10.2 Å². The van der Waals surface area contributed by atoms with Crippen molar-refractivity contribution in [2.24, 2.45) is 5.92 Å². The summed E-state index contributed by atoms with van der Waals surface area (Å²) >= 11 is 0. The maximum Gasteiger partial charge on any atom is 0.253 e. The summed E-state index contributed by atoms with van der Waals surface area (Å²) in [6.07, 6.45) is 2.57. The van der Waals surface area contributed by atoms with Crippen LogP contribution in [0.15, 0.2) is 24.3 Å². The van der Waals surface area contributed by atoms with E-state index in [4.69, 9.17) is 5.73 Å². The van der Waals surface area contributed by atoms with Crippen LogP contribution in [0.4, 0.5) is 5.69 Å². The van der Waals surface area contributed by atoms with Gasteiger partial charge in [0.25, 0.3) is 5.91 Å². The maximum absolute atomic E-state index is 12.2. The second-order valence-electron chi connectivity index (χ2n) is 5.97. The molecule has 2 atom stereocenters. The number of benzene rings is 1. The standard InChI is InChI=1S/C16H25N3O/c1-12-6-5-9-19(10-12)11-13(2)18-16(20)14-7-3-4-8-15(14)17/h3-4,7-8,12-13H,5-6,9-11,17H2,1-2H3,(H,18,20). The van der Waals surface area contributed by atoms with Crippen LogP contribution >= 0.6 is 0 Å². The molecule has 0 saturated carbocycles. The molecule has 0 radical (unpaired) electrons. The molecule has 20 heavy (non-hydrogen) atoms. The number of likely N-dealkylation sites (tertiary alicyclic amines) is 1. The molecule has 1 aromatic rings. The molecular weight excluding hydrogens is 250 g/mol. The number of nitrogens with one attached hydrogen (secondary N) is 1. The summed E-state index contributed by atoms with van der Waals surface area (Å²) in [7, 11) is 0. The molecule has 1 aromatic carbocycles. The van der Waals surface area contributed by atoms with Crippen molar-refractivity contribution in [3.05, 3.63) is 29.8 Å². The van der Waals surface area contributed by atoms with E-state index >= 15 is 0 Å². The average molecular weight is 275 g/mol. The van der Waals surface area contributed by atoms with Crippen LogP contribution in [0.1, 0.15) is 37.0 Å². The van der Waals surface area contributed by atoms with Gasteiger partial charge >= 0.3 is 0 Å². The van der Waals surface area contributed by atoms with E-state index in [9.17, 15) is 4.79 Å². The molecule has 4 nitrogen and oxygen atoms in total. The van der Waals surface area contributed by atoms with Gasteiger partial charge in [-0.1, -0.05) is 19.1 Å². The van der Waals surface area contributed by atoms with Crippen molar-refractivity contribution >= 4 is 11.6 Å². The Labute approximate surface area is 121 Å². The van der Waals surface area contributed by atoms with E-state index in [1.54, 1.807) is 12.1 Å². The fraction of sp³-hybridized carbons (Fsp3) is 0.562. The predicted octanol–water partition coefficient (Wildman–Crippen LogP) is 2.12. The fourth-order valence-electron chi connectivity index (χ4n) is 2.89. The molecule has 1 heterocycles. The van der Waals surface area contributed by atoms with Crippen molar-refractivity contribution in [2.75, 3.05) is 25.4 Å². The molecule has 1 fully saturated rings. The molecule has 0 bridgehead atoms. The van der Waals surface area contributed by atoms with E-state index < -0.39 is 0 Å². The summed E-state index contributed by atoms with van der Waals surface area (Å²) in [6, 6.07) is 7.33. The van der Waals surface area contributed by atoms with Crippen LogP contribution in [0.25, 0.3) is 0 Å². The maximum atomic E-state index is 12.2. The fourth-order valence-corrected chi connectivity index (χ4v) is 2.89. The molecule has 0 aromatic heterocycles. The van der Waals surface area contributed by atoms with Crippen LogP contribution in [-0.4, -0.2) is 36.5 Å². The highest BCUT2D eigenvalue weighted by Gasteiger charge is 2.19. The first-order chi connectivity index (χ1) is 9.56. The average Bonchev–Trinajstić information content (AvgIpc) is 2.38. The van der Waals surface area contributed by atoms with Gasteiger partial charge in [0.2, 0.25) is 0 Å². The van der Waals surface area contributed by atoms with Crippen LogP contribution in [-0.2, 0) is 0 Å². The van der Waals surface area contributed by atoms with Gasteiger partial charge in [0, 0.05) is 24.8 Å². The molecule has 0 spiro atoms. The Morgan fingerprint density at radius 2 is 2.25 bits per heavy atom. The Kier molecular flexibility index (Phi) is 5.01. The molecular formula is C16H25N3O. The third kappa shape index (κ3) is 3.97. The quantitative estimate of drug-likeness (QED) is 0.828. The highest BCUT2D eigenvalue weighted by molar-refractivity contribution is 5.99. The van der Waals surface area contributed by atoms with Crippen molar-refractivity contribution < 1.29 is 4.79 Å². The van der Waals surface area contributed by atoms with Gasteiger partial charge in [-0.2, -0.15) is 0 Å². The van der Waals surface area contributed by atoms with E-state index in [2.05, 4.69) is 24.1 Å². The van der Waals surface area contributed by atoms with E-state index in [0.717, 1.165) is 25.6 Å². The number of nitrogens with zero attached hydrogens (tertiary/aromatic N) is 1. The molecule has 1 amide bonds. The van der Waals surface area contributed by atoms with Crippen LogP contribution < -0.4 is 11.1 Å². The smallest absolute Gasteiger partial charge is 0.253 e. The Morgan fingerprint density at radius 3 is 2.95 bits per heavy atom.